The minimum Gasteiger partial charge on any atom is -0.458 e. The fourth-order valence-corrected chi connectivity index (χ4v) is 3.56. The maximum absolute atomic E-state index is 12.9. The van der Waals surface area contributed by atoms with Gasteiger partial charge in [-0.15, -0.1) is 0 Å². The van der Waals surface area contributed by atoms with E-state index < -0.39 is 16.9 Å². The van der Waals surface area contributed by atoms with Crippen LogP contribution in [0.25, 0.3) is 11.0 Å². The molecule has 2 aromatic carbocycles. The number of nitro benzene ring substituents is 1. The van der Waals surface area contributed by atoms with Crippen LogP contribution in [0.3, 0.4) is 0 Å². The average molecular weight is 390 g/mol. The van der Waals surface area contributed by atoms with Crippen LogP contribution in [0.4, 0.5) is 11.6 Å². The van der Waals surface area contributed by atoms with E-state index in [9.17, 15) is 14.9 Å². The Morgan fingerprint density at radius 3 is 2.90 bits per heavy atom. The number of anilines is 1. The monoisotopic (exact) mass is 390 g/mol. The number of esters is 1. The van der Waals surface area contributed by atoms with Crippen LogP contribution in [-0.2, 0) is 9.53 Å². The molecule has 8 heteroatoms. The summed E-state index contributed by atoms with van der Waals surface area (Å²) >= 11 is 0. The lowest BCUT2D eigenvalue weighted by molar-refractivity contribution is -0.384. The maximum atomic E-state index is 12.9. The van der Waals surface area contributed by atoms with Gasteiger partial charge in [0.25, 0.3) is 5.69 Å². The van der Waals surface area contributed by atoms with Gasteiger partial charge < -0.3 is 10.1 Å². The van der Waals surface area contributed by atoms with Crippen LogP contribution in [0.1, 0.15) is 18.5 Å². The number of hydrogen-bond acceptors (Lipinski definition) is 6. The summed E-state index contributed by atoms with van der Waals surface area (Å²) in [5.41, 5.74) is 3.03. The topological polar surface area (TPSA) is 99.3 Å². The van der Waals surface area contributed by atoms with Crippen molar-refractivity contribution in [2.75, 3.05) is 11.9 Å². The Balaban J connectivity index is 1.96. The zero-order valence-corrected chi connectivity index (χ0v) is 15.7. The van der Waals surface area contributed by atoms with E-state index in [-0.39, 0.29) is 12.3 Å². The third-order valence-corrected chi connectivity index (χ3v) is 4.78. The normalized spacial score (nSPS) is 15.6. The molecule has 4 rings (SSSR count). The highest BCUT2D eigenvalue weighted by Gasteiger charge is 2.35. The SMILES string of the molecule is C=CCOC(=O)C1=C(C)Nc2nc3ccccc3n2C1c1cccc([N+](=O)[O-])c1. The predicted octanol–water partition coefficient (Wildman–Crippen LogP) is 3.96. The Morgan fingerprint density at radius 1 is 1.34 bits per heavy atom. The van der Waals surface area contributed by atoms with Gasteiger partial charge in [-0.1, -0.05) is 36.9 Å². The van der Waals surface area contributed by atoms with Crippen LogP contribution >= 0.6 is 0 Å². The molecule has 0 radical (unpaired) electrons. The summed E-state index contributed by atoms with van der Waals surface area (Å²) in [5, 5.41) is 14.5. The molecule has 1 unspecified atom stereocenters. The van der Waals surface area contributed by atoms with Crippen LogP contribution in [0.5, 0.6) is 0 Å². The summed E-state index contributed by atoms with van der Waals surface area (Å²) in [4.78, 5) is 28.4. The molecule has 8 nitrogen and oxygen atoms in total. The number of para-hydroxylation sites is 2. The Labute approximate surface area is 166 Å². The van der Waals surface area contributed by atoms with E-state index in [1.165, 1.54) is 18.2 Å². The van der Waals surface area contributed by atoms with Gasteiger partial charge in [0.1, 0.15) is 6.61 Å². The number of imidazole rings is 1. The van der Waals surface area contributed by atoms with Crippen LogP contribution < -0.4 is 5.32 Å². The van der Waals surface area contributed by atoms with Gasteiger partial charge in [0.2, 0.25) is 5.95 Å². The number of benzene rings is 2. The van der Waals surface area contributed by atoms with Crippen molar-refractivity contribution in [1.29, 1.82) is 0 Å². The Kier molecular flexibility index (Phi) is 4.59. The number of carbonyl (C=O) groups excluding carboxylic acids is 1. The molecule has 0 bridgehead atoms. The summed E-state index contributed by atoms with van der Waals surface area (Å²) < 4.78 is 7.18. The van der Waals surface area contributed by atoms with E-state index in [4.69, 9.17) is 4.74 Å². The second-order valence-corrected chi connectivity index (χ2v) is 6.60. The van der Waals surface area contributed by atoms with E-state index in [0.717, 1.165) is 11.0 Å². The van der Waals surface area contributed by atoms with Crippen molar-refractivity contribution in [3.8, 4) is 0 Å². The largest absolute Gasteiger partial charge is 0.458 e. The fraction of sp³-hybridized carbons (Fsp3) is 0.143. The van der Waals surface area contributed by atoms with E-state index in [2.05, 4.69) is 16.9 Å². The van der Waals surface area contributed by atoms with Gasteiger partial charge in [0, 0.05) is 17.8 Å². The number of rotatable bonds is 5. The number of nitro groups is 1. The first-order valence-electron chi connectivity index (χ1n) is 8.98. The maximum Gasteiger partial charge on any atom is 0.338 e. The predicted molar refractivity (Wildman–Crippen MR) is 108 cm³/mol. The van der Waals surface area contributed by atoms with Crippen molar-refractivity contribution in [2.45, 2.75) is 13.0 Å². The lowest BCUT2D eigenvalue weighted by Gasteiger charge is -2.30. The van der Waals surface area contributed by atoms with Crippen molar-refractivity contribution >= 4 is 28.6 Å². The molecule has 3 aromatic rings. The molecule has 0 fully saturated rings. The molecule has 1 N–H and O–H groups in total. The minimum absolute atomic E-state index is 0.0523. The number of allylic oxidation sites excluding steroid dienone is 1. The highest BCUT2D eigenvalue weighted by molar-refractivity contribution is 5.94. The fourth-order valence-electron chi connectivity index (χ4n) is 3.56. The molecule has 2 heterocycles. The smallest absolute Gasteiger partial charge is 0.338 e. The summed E-state index contributed by atoms with van der Waals surface area (Å²) in [6.45, 7) is 5.40. The van der Waals surface area contributed by atoms with Gasteiger partial charge in [-0.05, 0) is 24.6 Å². The number of aromatic nitrogens is 2. The number of nitrogens with one attached hydrogen (secondary N) is 1. The van der Waals surface area contributed by atoms with Gasteiger partial charge in [-0.25, -0.2) is 9.78 Å². The second kappa shape index (κ2) is 7.23. The molecule has 0 saturated heterocycles. The zero-order chi connectivity index (χ0) is 20.5. The van der Waals surface area contributed by atoms with Gasteiger partial charge in [0.15, 0.2) is 0 Å². The van der Waals surface area contributed by atoms with Crippen LogP contribution in [0.15, 0.2) is 72.5 Å². The van der Waals surface area contributed by atoms with E-state index in [1.54, 1.807) is 19.1 Å². The molecule has 29 heavy (non-hydrogen) atoms. The zero-order valence-electron chi connectivity index (χ0n) is 15.7. The minimum atomic E-state index is -0.629. The van der Waals surface area contributed by atoms with Gasteiger partial charge in [-0.3, -0.25) is 14.7 Å². The van der Waals surface area contributed by atoms with Crippen LogP contribution in [0.2, 0.25) is 0 Å². The molecule has 1 atom stereocenters. The number of ether oxygens (including phenoxy) is 1. The Hall–Kier alpha value is -3.94. The number of nitrogens with zero attached hydrogens (tertiary/aromatic N) is 3. The first-order valence-corrected chi connectivity index (χ1v) is 8.98. The van der Waals surface area contributed by atoms with Crippen molar-refractivity contribution in [2.24, 2.45) is 0 Å². The van der Waals surface area contributed by atoms with E-state index >= 15 is 0 Å². The summed E-state index contributed by atoms with van der Waals surface area (Å²) in [5.74, 6) is 0.0373. The van der Waals surface area contributed by atoms with Gasteiger partial charge >= 0.3 is 5.97 Å². The summed E-state index contributed by atoms with van der Waals surface area (Å²) in [6.07, 6.45) is 1.49. The first-order chi connectivity index (χ1) is 14.0. The molecule has 0 amide bonds. The first kappa shape index (κ1) is 18.4. The van der Waals surface area contributed by atoms with Crippen molar-refractivity contribution in [3.63, 3.8) is 0 Å². The summed E-state index contributed by atoms with van der Waals surface area (Å²) in [6, 6.07) is 13.2. The highest BCUT2D eigenvalue weighted by atomic mass is 16.6. The summed E-state index contributed by atoms with van der Waals surface area (Å²) in [7, 11) is 0. The number of fused-ring (bicyclic) bond motifs is 3. The number of hydrogen-bond donors (Lipinski definition) is 1. The lowest BCUT2D eigenvalue weighted by Crippen LogP contribution is -2.29. The van der Waals surface area contributed by atoms with Crippen LogP contribution in [0, 0.1) is 10.1 Å². The Morgan fingerprint density at radius 2 is 2.14 bits per heavy atom. The highest BCUT2D eigenvalue weighted by Crippen LogP contribution is 2.40. The quantitative estimate of drug-likeness (QED) is 0.306. The molecule has 1 aliphatic rings. The van der Waals surface area contributed by atoms with Gasteiger partial charge in [0.05, 0.1) is 27.6 Å². The van der Waals surface area contributed by atoms with Crippen molar-refractivity contribution < 1.29 is 14.5 Å². The molecule has 0 saturated carbocycles. The lowest BCUT2D eigenvalue weighted by atomic mass is 9.94. The standard InChI is InChI=1S/C21H18N4O4/c1-3-11-29-20(26)18-13(2)22-21-23-16-9-4-5-10-17(16)24(21)19(18)14-7-6-8-15(12-14)25(27)28/h3-10,12,19H,1,11H2,2H3,(H,22,23). The molecule has 146 valence electrons. The van der Waals surface area contributed by atoms with Crippen LogP contribution in [-0.4, -0.2) is 27.1 Å². The van der Waals surface area contributed by atoms with Crippen molar-refractivity contribution in [3.05, 3.63) is 88.1 Å². The van der Waals surface area contributed by atoms with Gasteiger partial charge in [-0.2, -0.15) is 0 Å². The Bertz CT molecular complexity index is 1180. The van der Waals surface area contributed by atoms with E-state index in [0.29, 0.717) is 22.8 Å². The molecule has 1 aliphatic heterocycles. The second-order valence-electron chi connectivity index (χ2n) is 6.60. The molecule has 1 aromatic heterocycles. The molecular weight excluding hydrogens is 372 g/mol. The third-order valence-electron chi connectivity index (χ3n) is 4.78. The number of non-ortho nitro benzene ring substituents is 1. The molecular formula is C21H18N4O4. The molecule has 0 aliphatic carbocycles. The molecule has 0 spiro atoms. The average Bonchev–Trinajstić information content (AvgIpc) is 3.08. The third kappa shape index (κ3) is 3.14. The van der Waals surface area contributed by atoms with Crippen molar-refractivity contribution in [1.82, 2.24) is 9.55 Å². The number of carbonyl (C=O) groups is 1. The van der Waals surface area contributed by atoms with E-state index in [1.807, 2.05) is 28.8 Å².